The van der Waals surface area contributed by atoms with E-state index >= 15 is 0 Å². The molecule has 0 spiro atoms. The minimum absolute atomic E-state index is 0.611. The Bertz CT molecular complexity index is 74.0. The van der Waals surface area contributed by atoms with Gasteiger partial charge >= 0.3 is 0 Å². The van der Waals surface area contributed by atoms with Crippen molar-refractivity contribution >= 4 is 0 Å². The summed E-state index contributed by atoms with van der Waals surface area (Å²) in [5.41, 5.74) is 0. The minimum Gasteiger partial charge on any atom is -0.350 e. The molecule has 0 saturated carbocycles. The molecule has 0 aliphatic rings. The van der Waals surface area contributed by atoms with E-state index in [0.29, 0.717) is 13.0 Å². The molecular formula is C9H19O2. The van der Waals surface area contributed by atoms with Crippen LogP contribution in [-0.2, 0) is 9.84 Å². The van der Waals surface area contributed by atoms with Gasteiger partial charge in [-0.25, -0.2) is 5.11 Å². The maximum absolute atomic E-state index is 10.9. The van der Waals surface area contributed by atoms with Gasteiger partial charge < -0.3 is 4.74 Å². The average Bonchev–Trinajstić information content (AvgIpc) is 2.01. The molecule has 1 radical (unpaired) electrons. The second kappa shape index (κ2) is 8.02. The predicted octanol–water partition coefficient (Wildman–Crippen LogP) is 2.75. The van der Waals surface area contributed by atoms with Crippen LogP contribution in [0.15, 0.2) is 0 Å². The normalized spacial score (nSPS) is 13.4. The molecule has 0 heterocycles. The SMILES string of the molecule is CCCCCC([O])OCCC. The first-order chi connectivity index (χ1) is 5.31. The molecule has 0 bridgehead atoms. The summed E-state index contributed by atoms with van der Waals surface area (Å²) in [6.45, 7) is 4.76. The lowest BCUT2D eigenvalue weighted by Crippen LogP contribution is -2.10. The van der Waals surface area contributed by atoms with E-state index in [1.165, 1.54) is 6.42 Å². The molecule has 0 amide bonds. The molecule has 1 unspecified atom stereocenters. The fourth-order valence-corrected chi connectivity index (χ4v) is 0.894. The highest BCUT2D eigenvalue weighted by atomic mass is 16.6. The third-order valence-corrected chi connectivity index (χ3v) is 1.55. The molecule has 2 heteroatoms. The van der Waals surface area contributed by atoms with Crippen molar-refractivity contribution in [3.8, 4) is 0 Å². The molecule has 0 aliphatic heterocycles. The van der Waals surface area contributed by atoms with Crippen molar-refractivity contribution in [2.45, 2.75) is 52.2 Å². The van der Waals surface area contributed by atoms with E-state index in [1.54, 1.807) is 0 Å². The van der Waals surface area contributed by atoms with Gasteiger partial charge in [0.15, 0.2) is 6.29 Å². The van der Waals surface area contributed by atoms with E-state index in [9.17, 15) is 5.11 Å². The van der Waals surface area contributed by atoms with Gasteiger partial charge in [0, 0.05) is 13.0 Å². The summed E-state index contributed by atoms with van der Waals surface area (Å²) in [4.78, 5) is 0. The Labute approximate surface area is 69.6 Å². The minimum atomic E-state index is -0.776. The summed E-state index contributed by atoms with van der Waals surface area (Å²) < 4.78 is 4.98. The fourth-order valence-electron chi connectivity index (χ4n) is 0.894. The van der Waals surface area contributed by atoms with Gasteiger partial charge in [0.05, 0.1) is 0 Å². The maximum Gasteiger partial charge on any atom is 0.191 e. The predicted molar refractivity (Wildman–Crippen MR) is 44.9 cm³/mol. The van der Waals surface area contributed by atoms with Gasteiger partial charge in [-0.15, -0.1) is 0 Å². The van der Waals surface area contributed by atoms with Crippen LogP contribution in [0.5, 0.6) is 0 Å². The van der Waals surface area contributed by atoms with Gasteiger partial charge in [0.2, 0.25) is 0 Å². The second-order valence-corrected chi connectivity index (χ2v) is 2.80. The van der Waals surface area contributed by atoms with Crippen molar-refractivity contribution in [3.63, 3.8) is 0 Å². The molecule has 0 aromatic heterocycles. The third-order valence-electron chi connectivity index (χ3n) is 1.55. The second-order valence-electron chi connectivity index (χ2n) is 2.80. The van der Waals surface area contributed by atoms with E-state index in [-0.39, 0.29) is 0 Å². The van der Waals surface area contributed by atoms with Crippen LogP contribution in [0.4, 0.5) is 0 Å². The number of ether oxygens (including phenoxy) is 1. The molecule has 0 N–H and O–H groups in total. The highest BCUT2D eigenvalue weighted by Crippen LogP contribution is 2.04. The zero-order valence-electron chi connectivity index (χ0n) is 7.64. The highest BCUT2D eigenvalue weighted by Gasteiger charge is 2.03. The molecule has 67 valence electrons. The smallest absolute Gasteiger partial charge is 0.191 e. The summed E-state index contributed by atoms with van der Waals surface area (Å²) in [7, 11) is 0. The Morgan fingerprint density at radius 3 is 2.45 bits per heavy atom. The first kappa shape index (κ1) is 10.9. The van der Waals surface area contributed by atoms with Crippen LogP contribution in [0.3, 0.4) is 0 Å². The molecule has 2 nitrogen and oxygen atoms in total. The monoisotopic (exact) mass is 159 g/mol. The van der Waals surface area contributed by atoms with Crippen molar-refractivity contribution in [2.24, 2.45) is 0 Å². The Kier molecular flexibility index (Phi) is 7.96. The molecular weight excluding hydrogens is 140 g/mol. The first-order valence-electron chi connectivity index (χ1n) is 4.58. The molecule has 1 atom stereocenters. The quantitative estimate of drug-likeness (QED) is 0.415. The Hall–Kier alpha value is -0.0800. The first-order valence-corrected chi connectivity index (χ1v) is 4.58. The zero-order chi connectivity index (χ0) is 8.53. The van der Waals surface area contributed by atoms with E-state index in [0.717, 1.165) is 19.3 Å². The van der Waals surface area contributed by atoms with Crippen LogP contribution in [0.25, 0.3) is 0 Å². The lowest BCUT2D eigenvalue weighted by molar-refractivity contribution is -0.143. The van der Waals surface area contributed by atoms with Crippen molar-refractivity contribution in [1.29, 1.82) is 0 Å². The lowest BCUT2D eigenvalue weighted by Gasteiger charge is -2.07. The topological polar surface area (TPSA) is 29.1 Å². The summed E-state index contributed by atoms with van der Waals surface area (Å²) in [6, 6.07) is 0. The van der Waals surface area contributed by atoms with Crippen LogP contribution >= 0.6 is 0 Å². The summed E-state index contributed by atoms with van der Waals surface area (Å²) in [5, 5.41) is 10.9. The average molecular weight is 159 g/mol. The molecule has 0 aromatic rings. The van der Waals surface area contributed by atoms with Crippen LogP contribution < -0.4 is 0 Å². The van der Waals surface area contributed by atoms with Gasteiger partial charge in [-0.05, 0) is 12.8 Å². The van der Waals surface area contributed by atoms with E-state index < -0.39 is 6.29 Å². The molecule has 0 aromatic carbocycles. The lowest BCUT2D eigenvalue weighted by atomic mass is 10.2. The highest BCUT2D eigenvalue weighted by molar-refractivity contribution is 4.43. The van der Waals surface area contributed by atoms with Crippen molar-refractivity contribution in [3.05, 3.63) is 0 Å². The summed E-state index contributed by atoms with van der Waals surface area (Å²) >= 11 is 0. The van der Waals surface area contributed by atoms with E-state index in [2.05, 4.69) is 6.92 Å². The molecule has 0 saturated heterocycles. The fraction of sp³-hybridized carbons (Fsp3) is 1.00. The molecule has 0 aliphatic carbocycles. The number of rotatable bonds is 7. The van der Waals surface area contributed by atoms with Gasteiger partial charge in [0.25, 0.3) is 0 Å². The van der Waals surface area contributed by atoms with Gasteiger partial charge in [-0.2, -0.15) is 0 Å². The molecule has 0 fully saturated rings. The molecule has 11 heavy (non-hydrogen) atoms. The van der Waals surface area contributed by atoms with E-state index in [1.807, 2.05) is 6.92 Å². The largest absolute Gasteiger partial charge is 0.350 e. The Morgan fingerprint density at radius 2 is 1.91 bits per heavy atom. The van der Waals surface area contributed by atoms with Crippen LogP contribution in [-0.4, -0.2) is 12.9 Å². The van der Waals surface area contributed by atoms with E-state index in [4.69, 9.17) is 4.74 Å². The number of unbranched alkanes of at least 4 members (excludes halogenated alkanes) is 2. The Balaban J connectivity index is 3.02. The van der Waals surface area contributed by atoms with Crippen molar-refractivity contribution in [2.75, 3.05) is 6.61 Å². The summed E-state index contributed by atoms with van der Waals surface area (Å²) in [5.74, 6) is 0. The maximum atomic E-state index is 10.9. The third kappa shape index (κ3) is 7.82. The van der Waals surface area contributed by atoms with Crippen molar-refractivity contribution in [1.82, 2.24) is 0 Å². The van der Waals surface area contributed by atoms with Crippen molar-refractivity contribution < 1.29 is 9.84 Å². The van der Waals surface area contributed by atoms with Gasteiger partial charge in [-0.1, -0.05) is 26.7 Å². The standard InChI is InChI=1S/C9H19O2/c1-3-5-6-7-9(10)11-8-4-2/h9H,3-8H2,1-2H3. The Morgan fingerprint density at radius 1 is 1.18 bits per heavy atom. The number of hydrogen-bond acceptors (Lipinski definition) is 1. The zero-order valence-corrected chi connectivity index (χ0v) is 7.64. The van der Waals surface area contributed by atoms with Crippen LogP contribution in [0.1, 0.15) is 46.0 Å². The van der Waals surface area contributed by atoms with Crippen LogP contribution in [0.2, 0.25) is 0 Å². The van der Waals surface area contributed by atoms with Gasteiger partial charge in [-0.3, -0.25) is 0 Å². The van der Waals surface area contributed by atoms with Gasteiger partial charge in [0.1, 0.15) is 0 Å². The number of hydrogen-bond donors (Lipinski definition) is 0. The van der Waals surface area contributed by atoms with Crippen LogP contribution in [0, 0.1) is 0 Å². The molecule has 0 rings (SSSR count). The summed E-state index contributed by atoms with van der Waals surface area (Å²) in [6.07, 6.45) is 4.16.